The summed E-state index contributed by atoms with van der Waals surface area (Å²) in [5.74, 6) is -2.23. The Balaban J connectivity index is -0.000000325. The van der Waals surface area contributed by atoms with Crippen molar-refractivity contribution in [3.63, 3.8) is 0 Å². The molecule has 0 rings (SSSR count). The van der Waals surface area contributed by atoms with Gasteiger partial charge >= 0.3 is 59.1 Å². The molecule has 0 aromatic carbocycles. The molecule has 42 heavy (non-hydrogen) atoms. The minimum atomic E-state index is -1.23. The van der Waals surface area contributed by atoms with Crippen molar-refractivity contribution >= 4 is 23.8 Å². The summed E-state index contributed by atoms with van der Waals surface area (Å²) in [4.78, 5) is 41.9. The third-order valence-electron chi connectivity index (χ3n) is 6.12. The van der Waals surface area contributed by atoms with Gasteiger partial charge in [-0.3, -0.25) is 9.59 Å². The van der Waals surface area contributed by atoms with E-state index in [1.165, 1.54) is 89.9 Å². The van der Waals surface area contributed by atoms with Gasteiger partial charge in [-0.1, -0.05) is 130 Å². The molecule has 8 nitrogen and oxygen atoms in total. The summed E-state index contributed by atoms with van der Waals surface area (Å²) in [7, 11) is 0. The summed E-state index contributed by atoms with van der Waals surface area (Å²) in [6.45, 7) is 11.4. The van der Waals surface area contributed by atoms with E-state index < -0.39 is 11.9 Å². The van der Waals surface area contributed by atoms with E-state index in [2.05, 4.69) is 37.6 Å². The van der Waals surface area contributed by atoms with Crippen LogP contribution in [0.25, 0.3) is 0 Å². The number of unbranched alkanes of at least 4 members (excludes halogenated alkanes) is 16. The van der Waals surface area contributed by atoms with Crippen LogP contribution in [0.3, 0.4) is 0 Å². The molecule has 0 radical (unpaired) electrons. The van der Waals surface area contributed by atoms with Gasteiger partial charge in [-0.15, -0.1) is 0 Å². The summed E-state index contributed by atoms with van der Waals surface area (Å²) >= 11 is 0. The Hall–Kier alpha value is -0.640. The standard InChI is InChI=1S/C26H52N2O2.2C3H4O2.2Na/c1-3-5-7-9-11-13-15-17-19-21-25(29)27-23-24-28-26(30)22-20-18-16-14-12-10-8-6-4-2;2*1-2-3(4)5;;/h3-24H2,1-2H3,(H,27,29)(H,28,30);2*2H,1H2,(H,4,5);;/q;;;2*+1/p-2. The summed E-state index contributed by atoms with van der Waals surface area (Å²) in [5, 5.41) is 24.1. The van der Waals surface area contributed by atoms with Gasteiger partial charge in [0, 0.05) is 25.9 Å². The number of rotatable bonds is 25. The van der Waals surface area contributed by atoms with Crippen LogP contribution >= 0.6 is 0 Å². The van der Waals surface area contributed by atoms with Crippen molar-refractivity contribution in [2.75, 3.05) is 13.1 Å². The SMILES string of the molecule is C=CC(=O)[O-].C=CC(=O)[O-].CCCCCCCCCCCC(=O)NCCNC(=O)CCCCCCCCCCC.[Na+].[Na+]. The topological polar surface area (TPSA) is 138 Å². The van der Waals surface area contributed by atoms with E-state index in [0.29, 0.717) is 25.9 Å². The first-order chi connectivity index (χ1) is 19.2. The van der Waals surface area contributed by atoms with E-state index in [4.69, 9.17) is 19.8 Å². The first kappa shape index (κ1) is 51.0. The van der Waals surface area contributed by atoms with Crippen LogP contribution in [-0.2, 0) is 19.2 Å². The molecule has 0 fully saturated rings. The molecular formula is C32H58N2Na2O6. The maximum atomic E-state index is 11.8. The fourth-order valence-corrected chi connectivity index (χ4v) is 3.77. The van der Waals surface area contributed by atoms with Gasteiger partial charge < -0.3 is 30.4 Å². The summed E-state index contributed by atoms with van der Waals surface area (Å²) in [6.07, 6.45) is 25.5. The van der Waals surface area contributed by atoms with Gasteiger partial charge in [0.2, 0.25) is 11.8 Å². The second-order valence-electron chi connectivity index (χ2n) is 9.90. The molecule has 0 aromatic heterocycles. The molecule has 2 amide bonds. The van der Waals surface area contributed by atoms with Gasteiger partial charge in [0.1, 0.15) is 0 Å². The average molecular weight is 613 g/mol. The second-order valence-corrected chi connectivity index (χ2v) is 9.90. The van der Waals surface area contributed by atoms with Gasteiger partial charge in [-0.2, -0.15) is 0 Å². The Kier molecular flexibility index (Phi) is 54.4. The minimum Gasteiger partial charge on any atom is -0.545 e. The first-order valence-electron chi connectivity index (χ1n) is 15.4. The van der Waals surface area contributed by atoms with Gasteiger partial charge in [0.15, 0.2) is 0 Å². The molecular weight excluding hydrogens is 554 g/mol. The molecule has 10 heteroatoms. The number of amides is 2. The molecule has 0 aliphatic rings. The maximum absolute atomic E-state index is 11.8. The van der Waals surface area contributed by atoms with Crippen LogP contribution in [0.15, 0.2) is 25.3 Å². The molecule has 0 saturated carbocycles. The molecule has 2 N–H and O–H groups in total. The van der Waals surface area contributed by atoms with Gasteiger partial charge in [0.25, 0.3) is 0 Å². The Bertz CT molecular complexity index is 594. The molecule has 0 aromatic rings. The van der Waals surface area contributed by atoms with Crippen molar-refractivity contribution in [1.82, 2.24) is 10.6 Å². The molecule has 0 aliphatic heterocycles. The Labute approximate surface area is 301 Å². The van der Waals surface area contributed by atoms with Gasteiger partial charge in [0.05, 0.1) is 11.9 Å². The van der Waals surface area contributed by atoms with Crippen molar-refractivity contribution < 1.29 is 88.5 Å². The molecule has 0 spiro atoms. The van der Waals surface area contributed by atoms with E-state index in [9.17, 15) is 9.59 Å². The molecule has 0 bridgehead atoms. The summed E-state index contributed by atoms with van der Waals surface area (Å²) in [5.41, 5.74) is 0. The number of carboxylic acids is 2. The minimum absolute atomic E-state index is 0. The Morgan fingerprint density at radius 3 is 0.929 bits per heavy atom. The van der Waals surface area contributed by atoms with Crippen LogP contribution in [-0.4, -0.2) is 36.8 Å². The third-order valence-corrected chi connectivity index (χ3v) is 6.12. The zero-order valence-corrected chi connectivity index (χ0v) is 31.6. The van der Waals surface area contributed by atoms with Gasteiger partial charge in [-0.25, -0.2) is 0 Å². The zero-order valence-electron chi connectivity index (χ0n) is 27.6. The maximum Gasteiger partial charge on any atom is 1.00 e. The summed E-state index contributed by atoms with van der Waals surface area (Å²) in [6, 6.07) is 0. The van der Waals surface area contributed by atoms with Crippen LogP contribution in [0.4, 0.5) is 0 Å². The van der Waals surface area contributed by atoms with Crippen molar-refractivity contribution in [2.24, 2.45) is 0 Å². The largest absolute Gasteiger partial charge is 1.00 e. The van der Waals surface area contributed by atoms with Crippen LogP contribution in [0.2, 0.25) is 0 Å². The Morgan fingerprint density at radius 1 is 0.500 bits per heavy atom. The zero-order chi connectivity index (χ0) is 30.7. The molecule has 234 valence electrons. The van der Waals surface area contributed by atoms with E-state index in [-0.39, 0.29) is 70.9 Å². The van der Waals surface area contributed by atoms with E-state index >= 15 is 0 Å². The van der Waals surface area contributed by atoms with Crippen molar-refractivity contribution in [3.8, 4) is 0 Å². The predicted octanol–water partition coefficient (Wildman–Crippen LogP) is -1.09. The molecule has 0 aliphatic carbocycles. The normalized spacial score (nSPS) is 9.29. The quantitative estimate of drug-likeness (QED) is 0.0764. The molecule has 0 atom stereocenters. The summed E-state index contributed by atoms with van der Waals surface area (Å²) < 4.78 is 0. The molecule has 0 heterocycles. The van der Waals surface area contributed by atoms with Crippen LogP contribution in [0.1, 0.15) is 142 Å². The third kappa shape index (κ3) is 55.3. The second kappa shape index (κ2) is 44.8. The average Bonchev–Trinajstić information content (AvgIpc) is 2.94. The fraction of sp³-hybridized carbons (Fsp3) is 0.750. The van der Waals surface area contributed by atoms with Crippen molar-refractivity contribution in [2.45, 2.75) is 142 Å². The Morgan fingerprint density at radius 2 is 0.714 bits per heavy atom. The number of hydrogen-bond donors (Lipinski definition) is 2. The predicted molar refractivity (Wildman–Crippen MR) is 160 cm³/mol. The number of hydrogen-bond acceptors (Lipinski definition) is 6. The fourth-order valence-electron chi connectivity index (χ4n) is 3.77. The number of aliphatic carboxylic acids is 2. The number of carboxylic acid groups (broad SMARTS) is 2. The number of carbonyl (C=O) groups is 4. The molecule has 0 saturated heterocycles. The monoisotopic (exact) mass is 612 g/mol. The van der Waals surface area contributed by atoms with Crippen molar-refractivity contribution in [1.29, 1.82) is 0 Å². The van der Waals surface area contributed by atoms with Gasteiger partial charge in [-0.05, 0) is 25.0 Å². The van der Waals surface area contributed by atoms with Crippen LogP contribution in [0.5, 0.6) is 0 Å². The number of carbonyl (C=O) groups excluding carboxylic acids is 4. The first-order valence-corrected chi connectivity index (χ1v) is 15.4. The smallest absolute Gasteiger partial charge is 0.545 e. The number of nitrogens with one attached hydrogen (secondary N) is 2. The van der Waals surface area contributed by atoms with E-state index in [0.717, 1.165) is 37.8 Å². The molecule has 0 unspecified atom stereocenters. The van der Waals surface area contributed by atoms with E-state index in [1.54, 1.807) is 0 Å². The van der Waals surface area contributed by atoms with E-state index in [1.807, 2.05) is 0 Å². The van der Waals surface area contributed by atoms with Crippen LogP contribution < -0.4 is 80.0 Å². The van der Waals surface area contributed by atoms with Crippen molar-refractivity contribution in [3.05, 3.63) is 25.3 Å². The van der Waals surface area contributed by atoms with Crippen LogP contribution in [0, 0.1) is 0 Å².